The Morgan fingerprint density at radius 1 is 1.15 bits per heavy atom. The maximum absolute atomic E-state index is 12.2. The summed E-state index contributed by atoms with van der Waals surface area (Å²) >= 11 is 0. The SMILES string of the molecule is CNCc1ccc(C(=N)OC(=N)c2cncc(-c3ccc(=O)n(CCN(C)C)c3)n2)c(C)c1. The lowest BCUT2D eigenvalue weighted by atomic mass is 10.0. The molecule has 0 aliphatic rings. The summed E-state index contributed by atoms with van der Waals surface area (Å²) in [6.07, 6.45) is 4.73. The molecule has 9 nitrogen and oxygen atoms in total. The van der Waals surface area contributed by atoms with E-state index in [-0.39, 0.29) is 23.0 Å². The van der Waals surface area contributed by atoms with E-state index in [1.54, 1.807) is 23.0 Å². The van der Waals surface area contributed by atoms with E-state index in [0.29, 0.717) is 23.4 Å². The molecule has 0 unspecified atom stereocenters. The van der Waals surface area contributed by atoms with Crippen LogP contribution >= 0.6 is 0 Å². The van der Waals surface area contributed by atoms with Crippen molar-refractivity contribution in [3.05, 3.63) is 81.7 Å². The van der Waals surface area contributed by atoms with E-state index in [1.165, 1.54) is 12.3 Å². The molecule has 2 heterocycles. The minimum atomic E-state index is -0.269. The summed E-state index contributed by atoms with van der Waals surface area (Å²) in [6.45, 7) is 3.91. The van der Waals surface area contributed by atoms with Crippen molar-refractivity contribution in [2.75, 3.05) is 27.7 Å². The van der Waals surface area contributed by atoms with Gasteiger partial charge in [0.15, 0.2) is 0 Å². The van der Waals surface area contributed by atoms with E-state index >= 15 is 0 Å². The van der Waals surface area contributed by atoms with Gasteiger partial charge in [-0.15, -0.1) is 0 Å². The van der Waals surface area contributed by atoms with Crippen LogP contribution in [0.15, 0.2) is 53.7 Å². The zero-order valence-corrected chi connectivity index (χ0v) is 19.3. The molecule has 0 fully saturated rings. The number of likely N-dealkylation sites (N-methyl/N-ethyl adjacent to an activating group) is 1. The summed E-state index contributed by atoms with van der Waals surface area (Å²) < 4.78 is 7.12. The second-order valence-electron chi connectivity index (χ2n) is 7.98. The molecule has 2 aromatic heterocycles. The molecule has 1 aromatic carbocycles. The monoisotopic (exact) mass is 447 g/mol. The number of aryl methyl sites for hydroxylation is 1. The van der Waals surface area contributed by atoms with E-state index in [4.69, 9.17) is 15.6 Å². The van der Waals surface area contributed by atoms with Gasteiger partial charge in [0, 0.05) is 43.0 Å². The fraction of sp³-hybridized carbons (Fsp3) is 0.292. The van der Waals surface area contributed by atoms with Gasteiger partial charge < -0.3 is 19.5 Å². The van der Waals surface area contributed by atoms with Crippen LogP contribution in [0.5, 0.6) is 0 Å². The van der Waals surface area contributed by atoms with E-state index in [1.807, 2.05) is 51.2 Å². The molecule has 0 saturated carbocycles. The summed E-state index contributed by atoms with van der Waals surface area (Å²) in [7, 11) is 5.78. The Balaban J connectivity index is 1.78. The van der Waals surface area contributed by atoms with Gasteiger partial charge in [0.2, 0.25) is 11.8 Å². The third-order valence-electron chi connectivity index (χ3n) is 5.06. The number of pyridine rings is 1. The van der Waals surface area contributed by atoms with Crippen LogP contribution in [0.4, 0.5) is 0 Å². The average molecular weight is 448 g/mol. The molecule has 0 aliphatic carbocycles. The number of benzene rings is 1. The lowest BCUT2D eigenvalue weighted by molar-refractivity contribution is 0.381. The molecule has 0 spiro atoms. The molecule has 9 heteroatoms. The molecular weight excluding hydrogens is 418 g/mol. The molecule has 0 atom stereocenters. The van der Waals surface area contributed by atoms with E-state index in [0.717, 1.165) is 24.2 Å². The fourth-order valence-corrected chi connectivity index (χ4v) is 3.28. The Bertz CT molecular complexity index is 1220. The highest BCUT2D eigenvalue weighted by Gasteiger charge is 2.14. The van der Waals surface area contributed by atoms with Crippen molar-refractivity contribution in [2.24, 2.45) is 0 Å². The normalized spacial score (nSPS) is 10.9. The molecular formula is C24H29N7O2. The van der Waals surface area contributed by atoms with Crippen LogP contribution in [-0.2, 0) is 17.8 Å². The van der Waals surface area contributed by atoms with Gasteiger partial charge in [-0.1, -0.05) is 12.1 Å². The zero-order valence-electron chi connectivity index (χ0n) is 19.3. The quantitative estimate of drug-likeness (QED) is 0.360. The Morgan fingerprint density at radius 2 is 1.94 bits per heavy atom. The minimum Gasteiger partial charge on any atom is -0.419 e. The van der Waals surface area contributed by atoms with Crippen LogP contribution in [0.25, 0.3) is 11.3 Å². The van der Waals surface area contributed by atoms with Crippen LogP contribution in [0.2, 0.25) is 0 Å². The van der Waals surface area contributed by atoms with Gasteiger partial charge >= 0.3 is 0 Å². The van der Waals surface area contributed by atoms with Crippen molar-refractivity contribution < 1.29 is 4.74 Å². The van der Waals surface area contributed by atoms with E-state index in [9.17, 15) is 4.79 Å². The predicted octanol–water partition coefficient (Wildman–Crippen LogP) is 2.26. The van der Waals surface area contributed by atoms with E-state index < -0.39 is 0 Å². The zero-order chi connectivity index (χ0) is 24.0. The molecule has 33 heavy (non-hydrogen) atoms. The number of hydrogen-bond donors (Lipinski definition) is 3. The number of rotatable bonds is 8. The minimum absolute atomic E-state index is 0.0923. The number of hydrogen-bond acceptors (Lipinski definition) is 8. The summed E-state index contributed by atoms with van der Waals surface area (Å²) in [6, 6.07) is 8.91. The Morgan fingerprint density at radius 3 is 2.64 bits per heavy atom. The second kappa shape index (κ2) is 10.8. The van der Waals surface area contributed by atoms with Crippen LogP contribution < -0.4 is 10.9 Å². The Labute approximate surface area is 193 Å². The second-order valence-corrected chi connectivity index (χ2v) is 7.98. The lowest BCUT2D eigenvalue weighted by Gasteiger charge is -2.13. The maximum atomic E-state index is 12.2. The molecule has 172 valence electrons. The Kier molecular flexibility index (Phi) is 7.81. The van der Waals surface area contributed by atoms with Crippen molar-refractivity contribution >= 4 is 11.8 Å². The maximum Gasteiger partial charge on any atom is 0.250 e. The molecule has 0 saturated heterocycles. The van der Waals surface area contributed by atoms with Crippen molar-refractivity contribution in [3.8, 4) is 11.3 Å². The third kappa shape index (κ3) is 6.18. The highest BCUT2D eigenvalue weighted by molar-refractivity contribution is 6.04. The van der Waals surface area contributed by atoms with Gasteiger partial charge in [-0.3, -0.25) is 20.6 Å². The summed E-state index contributed by atoms with van der Waals surface area (Å²) in [5.41, 5.74) is 3.93. The first-order valence-corrected chi connectivity index (χ1v) is 10.6. The number of ether oxygens (including phenoxy) is 1. The highest BCUT2D eigenvalue weighted by atomic mass is 16.5. The average Bonchev–Trinajstić information content (AvgIpc) is 2.78. The van der Waals surface area contributed by atoms with Crippen LogP contribution in [0, 0.1) is 17.7 Å². The molecule has 3 aromatic rings. The first kappa shape index (κ1) is 24.0. The predicted molar refractivity (Wildman–Crippen MR) is 129 cm³/mol. The molecule has 3 N–H and O–H groups in total. The molecule has 0 radical (unpaired) electrons. The first-order chi connectivity index (χ1) is 15.8. The van der Waals surface area contributed by atoms with Gasteiger partial charge in [-0.25, -0.2) is 4.98 Å². The number of nitrogens with zero attached hydrogens (tertiary/aromatic N) is 4. The largest absolute Gasteiger partial charge is 0.419 e. The van der Waals surface area contributed by atoms with Crippen molar-refractivity contribution in [1.29, 1.82) is 10.8 Å². The smallest absolute Gasteiger partial charge is 0.250 e. The molecule has 3 rings (SSSR count). The number of nitrogens with one attached hydrogen (secondary N) is 3. The van der Waals surface area contributed by atoms with Crippen LogP contribution in [0.1, 0.15) is 22.4 Å². The van der Waals surface area contributed by atoms with Crippen LogP contribution in [0.3, 0.4) is 0 Å². The van der Waals surface area contributed by atoms with Crippen molar-refractivity contribution in [2.45, 2.75) is 20.0 Å². The standard InChI is InChI=1S/C24H29N7O2/c1-16-11-17(12-27-2)5-7-19(16)23(25)33-24(26)21-14-28-13-20(29-21)18-6-8-22(32)31(15-18)10-9-30(3)4/h5-8,11,13-15,25-27H,9-10,12H2,1-4H3. The molecule has 0 aliphatic heterocycles. The molecule has 0 amide bonds. The van der Waals surface area contributed by atoms with Crippen molar-refractivity contribution in [3.63, 3.8) is 0 Å². The fourth-order valence-electron chi connectivity index (χ4n) is 3.28. The van der Waals surface area contributed by atoms with Gasteiger partial charge in [-0.2, -0.15) is 0 Å². The van der Waals surface area contributed by atoms with Gasteiger partial charge in [0.25, 0.3) is 5.56 Å². The highest BCUT2D eigenvalue weighted by Crippen LogP contribution is 2.16. The summed E-state index contributed by atoms with van der Waals surface area (Å²) in [5, 5.41) is 19.7. The summed E-state index contributed by atoms with van der Waals surface area (Å²) in [4.78, 5) is 22.8. The summed E-state index contributed by atoms with van der Waals surface area (Å²) in [5.74, 6) is -0.396. The van der Waals surface area contributed by atoms with E-state index in [2.05, 4.69) is 15.3 Å². The topological polar surface area (TPSA) is 120 Å². The lowest BCUT2D eigenvalue weighted by Crippen LogP contribution is -2.25. The Hall–Kier alpha value is -3.69. The van der Waals surface area contributed by atoms with Crippen molar-refractivity contribution in [1.82, 2.24) is 24.8 Å². The van der Waals surface area contributed by atoms with Crippen LogP contribution in [-0.4, -0.2) is 58.9 Å². The van der Waals surface area contributed by atoms with Gasteiger partial charge in [0.1, 0.15) is 5.69 Å². The van der Waals surface area contributed by atoms with Gasteiger partial charge in [-0.05, 0) is 51.3 Å². The molecule has 0 bridgehead atoms. The van der Waals surface area contributed by atoms with Gasteiger partial charge in [0.05, 0.1) is 18.1 Å². The number of aromatic nitrogens is 3. The third-order valence-corrected chi connectivity index (χ3v) is 5.06. The first-order valence-electron chi connectivity index (χ1n) is 10.6.